The van der Waals surface area contributed by atoms with Gasteiger partial charge in [-0.1, -0.05) is 18.2 Å². The third kappa shape index (κ3) is 4.24. The molecular weight excluding hydrogens is 372 g/mol. The second kappa shape index (κ2) is 8.45. The predicted octanol–water partition coefficient (Wildman–Crippen LogP) is 3.60. The number of carbonyl (C=O) groups excluding carboxylic acids is 1. The Labute approximate surface area is 165 Å². The molecule has 0 radical (unpaired) electrons. The fourth-order valence-electron chi connectivity index (χ4n) is 2.62. The Kier molecular flexibility index (Phi) is 5.39. The number of tetrazole rings is 1. The number of para-hydroxylation sites is 1. The molecule has 0 aliphatic heterocycles. The lowest BCUT2D eigenvalue weighted by atomic mass is 10.1. The molecule has 28 heavy (non-hydrogen) atoms. The Morgan fingerprint density at radius 1 is 1.04 bits per heavy atom. The normalized spacial score (nSPS) is 10.6. The van der Waals surface area contributed by atoms with Gasteiger partial charge < -0.3 is 5.32 Å². The van der Waals surface area contributed by atoms with Crippen LogP contribution in [0.3, 0.4) is 0 Å². The van der Waals surface area contributed by atoms with E-state index in [0.29, 0.717) is 11.3 Å². The molecule has 8 heteroatoms. The van der Waals surface area contributed by atoms with Crippen molar-refractivity contribution >= 4 is 23.4 Å². The molecule has 2 aromatic carbocycles. The van der Waals surface area contributed by atoms with Crippen molar-refractivity contribution in [3.63, 3.8) is 0 Å². The number of aromatic nitrogens is 5. The Hall–Kier alpha value is -3.52. The number of amides is 1. The van der Waals surface area contributed by atoms with Crippen LogP contribution in [0.5, 0.6) is 0 Å². The van der Waals surface area contributed by atoms with Crippen molar-refractivity contribution in [2.45, 2.75) is 10.6 Å². The molecular formula is C20H16N6OS. The fraction of sp³-hybridized carbons (Fsp3) is 0.0500. The maximum Gasteiger partial charge on any atom is 0.257 e. The van der Waals surface area contributed by atoms with Gasteiger partial charge in [-0.2, -0.15) is 4.68 Å². The topological polar surface area (TPSA) is 85.6 Å². The molecule has 138 valence electrons. The van der Waals surface area contributed by atoms with Gasteiger partial charge in [0.15, 0.2) is 0 Å². The zero-order valence-electron chi connectivity index (χ0n) is 14.8. The molecule has 1 N–H and O–H groups in total. The van der Waals surface area contributed by atoms with E-state index in [1.165, 1.54) is 16.6 Å². The molecule has 0 spiro atoms. The Morgan fingerprint density at radius 2 is 1.89 bits per heavy atom. The van der Waals surface area contributed by atoms with E-state index in [-0.39, 0.29) is 5.91 Å². The molecule has 0 aliphatic rings. The van der Waals surface area contributed by atoms with E-state index < -0.39 is 0 Å². The van der Waals surface area contributed by atoms with Crippen LogP contribution in [0.15, 0.2) is 84.3 Å². The molecule has 0 saturated carbocycles. The minimum Gasteiger partial charge on any atom is -0.322 e. The highest BCUT2D eigenvalue weighted by Gasteiger charge is 2.13. The second-order valence-electron chi connectivity index (χ2n) is 5.90. The summed E-state index contributed by atoms with van der Waals surface area (Å²) >= 11 is 1.72. The number of hydrogen-bond acceptors (Lipinski definition) is 6. The summed E-state index contributed by atoms with van der Waals surface area (Å²) in [6.07, 6.45) is 5.09. The van der Waals surface area contributed by atoms with Gasteiger partial charge >= 0.3 is 0 Å². The summed E-state index contributed by atoms with van der Waals surface area (Å²) in [6, 6.07) is 18.9. The summed E-state index contributed by atoms with van der Waals surface area (Å²) in [6.45, 7) is 0. The van der Waals surface area contributed by atoms with Crippen molar-refractivity contribution < 1.29 is 4.79 Å². The quantitative estimate of drug-likeness (QED) is 0.508. The van der Waals surface area contributed by atoms with E-state index in [2.05, 4.69) is 31.9 Å². The summed E-state index contributed by atoms with van der Waals surface area (Å²) in [5.74, 6) is 0.626. The zero-order chi connectivity index (χ0) is 19.2. The molecule has 7 nitrogen and oxygen atoms in total. The molecule has 0 aliphatic carbocycles. The van der Waals surface area contributed by atoms with E-state index in [0.717, 1.165) is 16.3 Å². The van der Waals surface area contributed by atoms with E-state index >= 15 is 0 Å². The van der Waals surface area contributed by atoms with Gasteiger partial charge in [0.05, 0.1) is 11.3 Å². The van der Waals surface area contributed by atoms with Gasteiger partial charge in [-0.05, 0) is 58.5 Å². The number of benzene rings is 2. The SMILES string of the molecule is O=C(Nc1ccc(SCc2cccnc2)cc1)c1ccccc1-n1cnnn1. The average molecular weight is 388 g/mol. The van der Waals surface area contributed by atoms with E-state index in [1.54, 1.807) is 36.2 Å². The number of thioether (sulfide) groups is 1. The predicted molar refractivity (Wildman–Crippen MR) is 107 cm³/mol. The number of pyridine rings is 1. The van der Waals surface area contributed by atoms with Gasteiger partial charge in [-0.25, -0.2) is 0 Å². The van der Waals surface area contributed by atoms with Crippen molar-refractivity contribution in [3.05, 3.63) is 90.5 Å². The molecule has 1 amide bonds. The van der Waals surface area contributed by atoms with E-state index in [9.17, 15) is 4.79 Å². The first kappa shape index (κ1) is 17.9. The fourth-order valence-corrected chi connectivity index (χ4v) is 3.45. The molecule has 0 atom stereocenters. The lowest BCUT2D eigenvalue weighted by Gasteiger charge is -2.10. The maximum atomic E-state index is 12.7. The average Bonchev–Trinajstić information content (AvgIpc) is 3.29. The van der Waals surface area contributed by atoms with Gasteiger partial charge in [-0.15, -0.1) is 16.9 Å². The van der Waals surface area contributed by atoms with E-state index in [4.69, 9.17) is 0 Å². The summed E-state index contributed by atoms with van der Waals surface area (Å²) in [7, 11) is 0. The number of nitrogens with one attached hydrogen (secondary N) is 1. The van der Waals surface area contributed by atoms with Gasteiger partial charge in [0.25, 0.3) is 5.91 Å². The lowest BCUT2D eigenvalue weighted by molar-refractivity contribution is 0.102. The first-order valence-corrected chi connectivity index (χ1v) is 9.54. The number of hydrogen-bond donors (Lipinski definition) is 1. The maximum absolute atomic E-state index is 12.7. The Bertz CT molecular complexity index is 1050. The Morgan fingerprint density at radius 3 is 2.64 bits per heavy atom. The van der Waals surface area contributed by atoms with Crippen LogP contribution in [0.1, 0.15) is 15.9 Å². The zero-order valence-corrected chi connectivity index (χ0v) is 15.6. The molecule has 4 aromatic rings. The highest BCUT2D eigenvalue weighted by Crippen LogP contribution is 2.24. The van der Waals surface area contributed by atoms with Gasteiger partial charge in [0.1, 0.15) is 6.33 Å². The summed E-state index contributed by atoms with van der Waals surface area (Å²) < 4.78 is 1.47. The second-order valence-corrected chi connectivity index (χ2v) is 6.95. The van der Waals surface area contributed by atoms with Crippen LogP contribution in [0.25, 0.3) is 5.69 Å². The molecule has 0 saturated heterocycles. The molecule has 2 heterocycles. The van der Waals surface area contributed by atoms with Crippen molar-refractivity contribution in [2.24, 2.45) is 0 Å². The molecule has 0 unspecified atom stereocenters. The minimum atomic E-state index is -0.220. The summed E-state index contributed by atoms with van der Waals surface area (Å²) in [4.78, 5) is 18.0. The van der Waals surface area contributed by atoms with Crippen LogP contribution >= 0.6 is 11.8 Å². The van der Waals surface area contributed by atoms with E-state index in [1.807, 2.05) is 42.6 Å². The van der Waals surface area contributed by atoms with Crippen LogP contribution in [-0.2, 0) is 5.75 Å². The monoisotopic (exact) mass is 388 g/mol. The highest BCUT2D eigenvalue weighted by molar-refractivity contribution is 7.98. The van der Waals surface area contributed by atoms with Crippen LogP contribution in [-0.4, -0.2) is 31.1 Å². The largest absolute Gasteiger partial charge is 0.322 e. The van der Waals surface area contributed by atoms with Gasteiger partial charge in [0.2, 0.25) is 0 Å². The smallest absolute Gasteiger partial charge is 0.257 e. The number of rotatable bonds is 6. The highest BCUT2D eigenvalue weighted by atomic mass is 32.2. The van der Waals surface area contributed by atoms with Crippen molar-refractivity contribution in [1.82, 2.24) is 25.2 Å². The summed E-state index contributed by atoms with van der Waals surface area (Å²) in [5, 5.41) is 14.0. The molecule has 2 aromatic heterocycles. The van der Waals surface area contributed by atoms with Crippen LogP contribution < -0.4 is 5.32 Å². The van der Waals surface area contributed by atoms with Crippen molar-refractivity contribution in [3.8, 4) is 5.69 Å². The number of carbonyl (C=O) groups is 1. The van der Waals surface area contributed by atoms with Crippen LogP contribution in [0.2, 0.25) is 0 Å². The molecule has 0 bridgehead atoms. The minimum absolute atomic E-state index is 0.220. The van der Waals surface area contributed by atoms with Crippen molar-refractivity contribution in [2.75, 3.05) is 5.32 Å². The van der Waals surface area contributed by atoms with Gasteiger partial charge in [0, 0.05) is 28.7 Å². The van der Waals surface area contributed by atoms with Crippen molar-refractivity contribution in [1.29, 1.82) is 0 Å². The molecule has 0 fully saturated rings. The lowest BCUT2D eigenvalue weighted by Crippen LogP contribution is -2.15. The first-order valence-electron chi connectivity index (χ1n) is 8.55. The third-order valence-electron chi connectivity index (χ3n) is 3.98. The Balaban J connectivity index is 1.43. The number of anilines is 1. The van der Waals surface area contributed by atoms with Crippen LogP contribution in [0, 0.1) is 0 Å². The first-order chi connectivity index (χ1) is 13.8. The standard InChI is InChI=1S/C20H16N6OS/c27-20(18-5-1-2-6-19(18)26-14-22-24-25-26)23-16-7-9-17(10-8-16)28-13-15-4-3-11-21-12-15/h1-12,14H,13H2,(H,23,27). The number of nitrogens with zero attached hydrogens (tertiary/aromatic N) is 5. The van der Waals surface area contributed by atoms with Gasteiger partial charge in [-0.3, -0.25) is 9.78 Å². The van der Waals surface area contributed by atoms with Crippen LogP contribution in [0.4, 0.5) is 5.69 Å². The third-order valence-corrected chi connectivity index (χ3v) is 5.07. The molecule has 4 rings (SSSR count). The summed E-state index contributed by atoms with van der Waals surface area (Å²) in [5.41, 5.74) is 3.00.